The summed E-state index contributed by atoms with van der Waals surface area (Å²) >= 11 is 0. The van der Waals surface area contributed by atoms with Crippen LogP contribution < -0.4 is 5.32 Å². The van der Waals surface area contributed by atoms with Gasteiger partial charge in [-0.15, -0.1) is 0 Å². The fourth-order valence-electron chi connectivity index (χ4n) is 5.72. The zero-order valence-corrected chi connectivity index (χ0v) is 22.1. The topological polar surface area (TPSA) is 71.8 Å². The van der Waals surface area contributed by atoms with Gasteiger partial charge >= 0.3 is 0 Å². The van der Waals surface area contributed by atoms with Crippen molar-refractivity contribution in [3.63, 3.8) is 0 Å². The van der Waals surface area contributed by atoms with E-state index in [1.807, 2.05) is 37.6 Å². The van der Waals surface area contributed by atoms with Gasteiger partial charge in [0.05, 0.1) is 11.7 Å². The number of halogens is 2. The predicted molar refractivity (Wildman–Crippen MR) is 144 cm³/mol. The molecule has 0 radical (unpaired) electrons. The molecule has 2 fully saturated rings. The number of fused-ring (bicyclic) bond motifs is 1. The number of benzene rings is 1. The molecule has 1 aliphatic heterocycles. The lowest BCUT2D eigenvalue weighted by atomic mass is 9.90. The molecule has 0 spiro atoms. The van der Waals surface area contributed by atoms with E-state index in [2.05, 4.69) is 36.2 Å². The molecule has 0 bridgehead atoms. The summed E-state index contributed by atoms with van der Waals surface area (Å²) in [6.07, 6.45) is 9.25. The molecule has 38 heavy (non-hydrogen) atoms. The number of rotatable bonds is 7. The van der Waals surface area contributed by atoms with E-state index in [1.165, 1.54) is 50.4 Å². The predicted octanol–water partition coefficient (Wildman–Crippen LogP) is 6.22. The van der Waals surface area contributed by atoms with Gasteiger partial charge in [-0.3, -0.25) is 0 Å². The van der Waals surface area contributed by atoms with Gasteiger partial charge in [0.25, 0.3) is 0 Å². The fraction of sp³-hybridized carbons (Fsp3) is 0.448. The number of aryl methyl sites for hydroxylation is 1. The lowest BCUT2D eigenvalue weighted by molar-refractivity contribution is 0.176. The summed E-state index contributed by atoms with van der Waals surface area (Å²) in [6, 6.07) is 7.91. The molecular weight excluding hydrogens is 484 g/mol. The Morgan fingerprint density at radius 2 is 1.76 bits per heavy atom. The summed E-state index contributed by atoms with van der Waals surface area (Å²) in [6.45, 7) is 8.26. The Labute approximate surface area is 221 Å². The molecule has 7 nitrogen and oxygen atoms in total. The van der Waals surface area contributed by atoms with E-state index in [-0.39, 0.29) is 23.2 Å². The van der Waals surface area contributed by atoms with Crippen molar-refractivity contribution in [3.8, 4) is 11.3 Å². The van der Waals surface area contributed by atoms with Crippen molar-refractivity contribution >= 4 is 22.8 Å². The molecule has 198 valence electrons. The molecular formula is C29H33F2N7. The van der Waals surface area contributed by atoms with Crippen LogP contribution in [0.15, 0.2) is 36.7 Å². The van der Waals surface area contributed by atoms with Gasteiger partial charge in [-0.25, -0.2) is 28.7 Å². The highest BCUT2D eigenvalue weighted by molar-refractivity contribution is 5.83. The highest BCUT2D eigenvalue weighted by atomic mass is 19.1. The first kappa shape index (κ1) is 24.9. The second kappa shape index (κ2) is 10.0. The van der Waals surface area contributed by atoms with Crippen LogP contribution in [0.2, 0.25) is 0 Å². The van der Waals surface area contributed by atoms with Gasteiger partial charge < -0.3 is 14.8 Å². The quantitative estimate of drug-likeness (QED) is 0.314. The summed E-state index contributed by atoms with van der Waals surface area (Å²) < 4.78 is 31.7. The minimum atomic E-state index is -0.627. The van der Waals surface area contributed by atoms with Crippen LogP contribution in [-0.4, -0.2) is 48.5 Å². The molecule has 1 saturated heterocycles. The highest BCUT2D eigenvalue weighted by Gasteiger charge is 2.31. The Kier molecular flexibility index (Phi) is 6.55. The number of pyridine rings is 1. The van der Waals surface area contributed by atoms with Crippen molar-refractivity contribution < 1.29 is 8.78 Å². The number of aromatic nitrogens is 5. The maximum atomic E-state index is 15.0. The summed E-state index contributed by atoms with van der Waals surface area (Å²) in [5, 5.41) is 3.06. The van der Waals surface area contributed by atoms with Gasteiger partial charge in [-0.2, -0.15) is 0 Å². The smallest absolute Gasteiger partial charge is 0.229 e. The van der Waals surface area contributed by atoms with E-state index in [0.717, 1.165) is 18.7 Å². The first-order valence-corrected chi connectivity index (χ1v) is 13.5. The monoisotopic (exact) mass is 517 g/mol. The van der Waals surface area contributed by atoms with Crippen LogP contribution >= 0.6 is 0 Å². The average Bonchev–Trinajstić information content (AvgIpc) is 3.68. The van der Waals surface area contributed by atoms with E-state index >= 15 is 0 Å². The zero-order valence-electron chi connectivity index (χ0n) is 22.1. The van der Waals surface area contributed by atoms with Gasteiger partial charge in [-0.05, 0) is 95.6 Å². The lowest BCUT2D eigenvalue weighted by Gasteiger charge is -2.32. The van der Waals surface area contributed by atoms with Gasteiger partial charge in [0.15, 0.2) is 11.6 Å². The first-order valence-electron chi connectivity index (χ1n) is 13.5. The van der Waals surface area contributed by atoms with Crippen molar-refractivity contribution in [1.82, 2.24) is 29.4 Å². The van der Waals surface area contributed by atoms with Crippen LogP contribution in [0.1, 0.15) is 57.0 Å². The molecule has 1 aromatic carbocycles. The maximum absolute atomic E-state index is 15.0. The molecule has 0 atom stereocenters. The van der Waals surface area contributed by atoms with Crippen molar-refractivity contribution in [1.29, 1.82) is 0 Å². The fourth-order valence-corrected chi connectivity index (χ4v) is 5.72. The van der Waals surface area contributed by atoms with Crippen LogP contribution in [0.25, 0.3) is 22.3 Å². The number of piperidine rings is 1. The number of nitrogens with zero attached hydrogens (tertiary/aromatic N) is 6. The molecule has 0 amide bonds. The largest absolute Gasteiger partial charge is 0.326 e. The van der Waals surface area contributed by atoms with Crippen LogP contribution in [-0.2, 0) is 6.42 Å². The Balaban J connectivity index is 1.18. The molecule has 9 heteroatoms. The molecule has 4 aromatic rings. The molecule has 1 aliphatic carbocycles. The molecule has 0 unspecified atom stereocenters. The number of likely N-dealkylation sites (tertiary alicyclic amines) is 1. The van der Waals surface area contributed by atoms with Crippen LogP contribution in [0.3, 0.4) is 0 Å². The third-order valence-corrected chi connectivity index (χ3v) is 7.76. The maximum Gasteiger partial charge on any atom is 0.229 e. The SMILES string of the molecule is Cc1nc2c(F)cc(-c3nc(Nc4ccc(CC5CCN(C6CC6)CC5)cn4)ncc3F)cc2n1C(C)C. The van der Waals surface area contributed by atoms with Crippen molar-refractivity contribution in [3.05, 3.63) is 59.7 Å². The third kappa shape index (κ3) is 4.99. The number of anilines is 2. The molecule has 1 N–H and O–H groups in total. The van der Waals surface area contributed by atoms with Crippen LogP contribution in [0, 0.1) is 24.5 Å². The van der Waals surface area contributed by atoms with Crippen molar-refractivity contribution in [2.45, 2.75) is 65.0 Å². The van der Waals surface area contributed by atoms with Gasteiger partial charge in [0.1, 0.15) is 22.9 Å². The highest BCUT2D eigenvalue weighted by Crippen LogP contribution is 2.32. The standard InChI is InChI=1S/C29H33F2N7/c1-17(2)38-18(3)34-28-23(30)13-21(14-25(28)38)27-24(31)16-33-29(36-27)35-26-7-4-20(15-32-26)12-19-8-10-37(11-9-19)22-5-6-22/h4,7,13-17,19,22H,5-6,8-12H2,1-3H3,(H,32,33,35,36). The summed E-state index contributed by atoms with van der Waals surface area (Å²) in [5.74, 6) is 1.03. The van der Waals surface area contributed by atoms with E-state index in [0.29, 0.717) is 28.6 Å². The second-order valence-corrected chi connectivity index (χ2v) is 10.9. The van der Waals surface area contributed by atoms with E-state index in [4.69, 9.17) is 0 Å². The van der Waals surface area contributed by atoms with Crippen LogP contribution in [0.4, 0.5) is 20.5 Å². The number of hydrogen-bond acceptors (Lipinski definition) is 6. The second-order valence-electron chi connectivity index (χ2n) is 10.9. The first-order chi connectivity index (χ1) is 18.4. The zero-order chi connectivity index (χ0) is 26.4. The van der Waals surface area contributed by atoms with Crippen molar-refractivity contribution in [2.24, 2.45) is 5.92 Å². The molecule has 3 aromatic heterocycles. The number of hydrogen-bond donors (Lipinski definition) is 1. The molecule has 4 heterocycles. The van der Waals surface area contributed by atoms with Crippen molar-refractivity contribution in [2.75, 3.05) is 18.4 Å². The van der Waals surface area contributed by atoms with Crippen LogP contribution in [0.5, 0.6) is 0 Å². The molecule has 2 aliphatic rings. The van der Waals surface area contributed by atoms with Gasteiger partial charge in [0.2, 0.25) is 5.95 Å². The summed E-state index contributed by atoms with van der Waals surface area (Å²) in [4.78, 5) is 20.0. The number of nitrogens with one attached hydrogen (secondary N) is 1. The number of imidazole rings is 1. The minimum absolute atomic E-state index is 0.0200. The summed E-state index contributed by atoms with van der Waals surface area (Å²) in [5.41, 5.74) is 2.44. The minimum Gasteiger partial charge on any atom is -0.326 e. The van der Waals surface area contributed by atoms with E-state index < -0.39 is 11.6 Å². The Bertz CT molecular complexity index is 1450. The Hall–Kier alpha value is -3.46. The molecule has 6 rings (SSSR count). The van der Waals surface area contributed by atoms with E-state index in [1.54, 1.807) is 6.07 Å². The van der Waals surface area contributed by atoms with Gasteiger partial charge in [0, 0.05) is 23.8 Å². The lowest BCUT2D eigenvalue weighted by Crippen LogP contribution is -2.35. The van der Waals surface area contributed by atoms with Gasteiger partial charge in [-0.1, -0.05) is 6.07 Å². The van der Waals surface area contributed by atoms with E-state index in [9.17, 15) is 8.78 Å². The average molecular weight is 518 g/mol. The third-order valence-electron chi connectivity index (χ3n) is 7.76. The Morgan fingerprint density at radius 1 is 0.974 bits per heavy atom. The molecule has 1 saturated carbocycles. The Morgan fingerprint density at radius 3 is 2.45 bits per heavy atom. The summed E-state index contributed by atoms with van der Waals surface area (Å²) in [7, 11) is 0. The normalized spacial score (nSPS) is 17.0.